The summed E-state index contributed by atoms with van der Waals surface area (Å²) in [6.45, 7) is 0.911. The molecule has 2 aromatic rings. The van der Waals surface area contributed by atoms with E-state index in [2.05, 4.69) is 31.0 Å². The fourth-order valence-electron chi connectivity index (χ4n) is 3.87. The van der Waals surface area contributed by atoms with Crippen molar-refractivity contribution in [2.45, 2.75) is 44.6 Å². The zero-order valence-electron chi connectivity index (χ0n) is 13.3. The molecule has 1 saturated heterocycles. The van der Waals surface area contributed by atoms with Gasteiger partial charge in [-0.2, -0.15) is 5.10 Å². The smallest absolute Gasteiger partial charge is 0.222 e. The lowest BCUT2D eigenvalue weighted by molar-refractivity contribution is -0.129. The monoisotopic (exact) mass is 407 g/mol. The number of amides is 1. The Kier molecular flexibility index (Phi) is 4.39. The molecule has 1 N–H and O–H groups in total. The molecule has 126 valence electrons. The van der Waals surface area contributed by atoms with Crippen LogP contribution in [-0.2, 0) is 24.1 Å². The van der Waals surface area contributed by atoms with Crippen LogP contribution in [0.15, 0.2) is 22.7 Å². The van der Waals surface area contributed by atoms with Crippen molar-refractivity contribution in [3.05, 3.63) is 50.2 Å². The molecule has 1 atom stereocenters. The average molecular weight is 409 g/mol. The van der Waals surface area contributed by atoms with Crippen LogP contribution < -0.4 is 0 Å². The van der Waals surface area contributed by atoms with Gasteiger partial charge in [-0.25, -0.2) is 0 Å². The zero-order chi connectivity index (χ0) is 16.7. The largest absolute Gasteiger partial charge is 0.339 e. The Morgan fingerprint density at radius 1 is 1.38 bits per heavy atom. The molecule has 2 aliphatic rings. The molecular formula is C18H19BrClN3O. The lowest BCUT2D eigenvalue weighted by Gasteiger charge is -2.31. The molecule has 0 bridgehead atoms. The molecule has 4 rings (SSSR count). The van der Waals surface area contributed by atoms with E-state index in [4.69, 9.17) is 11.6 Å². The van der Waals surface area contributed by atoms with E-state index in [0.717, 1.165) is 59.4 Å². The van der Waals surface area contributed by atoms with Crippen molar-refractivity contribution >= 4 is 33.4 Å². The summed E-state index contributed by atoms with van der Waals surface area (Å²) in [5.41, 5.74) is 4.68. The third-order valence-electron chi connectivity index (χ3n) is 5.13. The molecule has 1 aliphatic carbocycles. The highest BCUT2D eigenvalue weighted by molar-refractivity contribution is 9.10. The molecule has 1 amide bonds. The number of aromatic amines is 1. The molecule has 0 saturated carbocycles. The summed E-state index contributed by atoms with van der Waals surface area (Å²) in [6, 6.07) is 6.31. The van der Waals surface area contributed by atoms with Crippen LogP contribution in [0, 0.1) is 0 Å². The van der Waals surface area contributed by atoms with Crippen molar-refractivity contribution < 1.29 is 4.79 Å². The standard InChI is InChI=1S/C18H19BrClN3O/c19-12-4-3-11(15(20)9-12)8-16-14-6-5-13(10-17(14)22-21-16)23-7-1-2-18(23)24/h3-4,9,13H,1-2,5-8,10H2,(H,21,22). The lowest BCUT2D eigenvalue weighted by atomic mass is 9.89. The van der Waals surface area contributed by atoms with E-state index in [1.807, 2.05) is 18.2 Å². The van der Waals surface area contributed by atoms with E-state index in [0.29, 0.717) is 18.4 Å². The van der Waals surface area contributed by atoms with Gasteiger partial charge in [-0.15, -0.1) is 0 Å². The number of H-pyrrole nitrogens is 1. The molecule has 1 fully saturated rings. The Balaban J connectivity index is 1.53. The first-order valence-electron chi connectivity index (χ1n) is 8.40. The SMILES string of the molecule is O=C1CCCN1C1CCc2c(Cc3ccc(Br)cc3Cl)n[nH]c2C1. The highest BCUT2D eigenvalue weighted by Crippen LogP contribution is 2.30. The summed E-state index contributed by atoms with van der Waals surface area (Å²) in [5.74, 6) is 0.310. The Bertz CT molecular complexity index is 789. The first-order valence-corrected chi connectivity index (χ1v) is 9.57. The molecule has 1 aromatic carbocycles. The number of aromatic nitrogens is 2. The minimum Gasteiger partial charge on any atom is -0.339 e. The van der Waals surface area contributed by atoms with Crippen molar-refractivity contribution in [2.24, 2.45) is 0 Å². The van der Waals surface area contributed by atoms with Gasteiger partial charge in [0.15, 0.2) is 0 Å². The van der Waals surface area contributed by atoms with Gasteiger partial charge in [0, 0.05) is 47.0 Å². The number of nitrogens with one attached hydrogen (secondary N) is 1. The van der Waals surface area contributed by atoms with E-state index < -0.39 is 0 Å². The van der Waals surface area contributed by atoms with E-state index in [1.165, 1.54) is 11.3 Å². The molecule has 0 radical (unpaired) electrons. The van der Waals surface area contributed by atoms with Gasteiger partial charge in [0.25, 0.3) is 0 Å². The topological polar surface area (TPSA) is 49.0 Å². The lowest BCUT2D eigenvalue weighted by Crippen LogP contribution is -2.40. The molecule has 6 heteroatoms. The normalized spacial score (nSPS) is 20.5. The maximum absolute atomic E-state index is 12.0. The zero-order valence-corrected chi connectivity index (χ0v) is 15.7. The second kappa shape index (κ2) is 6.52. The number of rotatable bonds is 3. The summed E-state index contributed by atoms with van der Waals surface area (Å²) in [6.07, 6.45) is 5.34. The van der Waals surface area contributed by atoms with Crippen LogP contribution >= 0.6 is 27.5 Å². The van der Waals surface area contributed by atoms with Crippen LogP contribution in [-0.4, -0.2) is 33.6 Å². The fraction of sp³-hybridized carbons (Fsp3) is 0.444. The second-order valence-electron chi connectivity index (χ2n) is 6.63. The number of benzene rings is 1. The summed E-state index contributed by atoms with van der Waals surface area (Å²) >= 11 is 9.78. The Hall–Kier alpha value is -1.33. The number of halogens is 2. The third kappa shape index (κ3) is 3.00. The molecule has 1 unspecified atom stereocenters. The highest BCUT2D eigenvalue weighted by Gasteiger charge is 2.32. The predicted molar refractivity (Wildman–Crippen MR) is 97.3 cm³/mol. The van der Waals surface area contributed by atoms with Crippen molar-refractivity contribution in [3.63, 3.8) is 0 Å². The Labute approximate surface area is 154 Å². The minimum atomic E-state index is 0.310. The molecule has 2 heterocycles. The van der Waals surface area contributed by atoms with Crippen LogP contribution in [0.4, 0.5) is 0 Å². The van der Waals surface area contributed by atoms with Gasteiger partial charge in [-0.05, 0) is 42.5 Å². The average Bonchev–Trinajstić information content (AvgIpc) is 3.16. The van der Waals surface area contributed by atoms with Gasteiger partial charge in [0.05, 0.1) is 5.69 Å². The molecular weight excluding hydrogens is 390 g/mol. The van der Waals surface area contributed by atoms with E-state index in [1.54, 1.807) is 0 Å². The first-order chi connectivity index (χ1) is 11.6. The number of carbonyl (C=O) groups is 1. The molecule has 1 aliphatic heterocycles. The van der Waals surface area contributed by atoms with Crippen LogP contribution in [0.2, 0.25) is 5.02 Å². The Morgan fingerprint density at radius 3 is 3.00 bits per heavy atom. The summed E-state index contributed by atoms with van der Waals surface area (Å²) in [7, 11) is 0. The third-order valence-corrected chi connectivity index (χ3v) is 5.97. The van der Waals surface area contributed by atoms with Crippen LogP contribution in [0.3, 0.4) is 0 Å². The van der Waals surface area contributed by atoms with E-state index in [-0.39, 0.29) is 0 Å². The van der Waals surface area contributed by atoms with Crippen LogP contribution in [0.5, 0.6) is 0 Å². The number of hydrogen-bond acceptors (Lipinski definition) is 2. The maximum atomic E-state index is 12.0. The van der Waals surface area contributed by atoms with Crippen molar-refractivity contribution in [1.29, 1.82) is 0 Å². The molecule has 4 nitrogen and oxygen atoms in total. The van der Waals surface area contributed by atoms with Gasteiger partial charge < -0.3 is 4.90 Å². The Morgan fingerprint density at radius 2 is 2.25 bits per heavy atom. The van der Waals surface area contributed by atoms with Gasteiger partial charge in [0.2, 0.25) is 5.91 Å². The summed E-state index contributed by atoms with van der Waals surface area (Å²) in [5, 5.41) is 8.50. The van der Waals surface area contributed by atoms with Gasteiger partial charge in [-0.1, -0.05) is 33.6 Å². The number of nitrogens with zero attached hydrogens (tertiary/aromatic N) is 2. The van der Waals surface area contributed by atoms with Crippen LogP contribution in [0.1, 0.15) is 41.8 Å². The van der Waals surface area contributed by atoms with E-state index >= 15 is 0 Å². The quantitative estimate of drug-likeness (QED) is 0.837. The minimum absolute atomic E-state index is 0.310. The summed E-state index contributed by atoms with van der Waals surface area (Å²) < 4.78 is 0.985. The van der Waals surface area contributed by atoms with Gasteiger partial charge >= 0.3 is 0 Å². The summed E-state index contributed by atoms with van der Waals surface area (Å²) in [4.78, 5) is 14.0. The maximum Gasteiger partial charge on any atom is 0.222 e. The van der Waals surface area contributed by atoms with E-state index in [9.17, 15) is 4.79 Å². The second-order valence-corrected chi connectivity index (χ2v) is 7.95. The molecule has 1 aromatic heterocycles. The van der Waals surface area contributed by atoms with Crippen molar-refractivity contribution in [3.8, 4) is 0 Å². The molecule has 0 spiro atoms. The molecule has 24 heavy (non-hydrogen) atoms. The number of fused-ring (bicyclic) bond motifs is 1. The van der Waals surface area contributed by atoms with Crippen molar-refractivity contribution in [2.75, 3.05) is 6.54 Å². The number of carbonyl (C=O) groups excluding carboxylic acids is 1. The highest BCUT2D eigenvalue weighted by atomic mass is 79.9. The number of hydrogen-bond donors (Lipinski definition) is 1. The van der Waals surface area contributed by atoms with Crippen molar-refractivity contribution in [1.82, 2.24) is 15.1 Å². The van der Waals surface area contributed by atoms with Gasteiger partial charge in [0.1, 0.15) is 0 Å². The first kappa shape index (κ1) is 16.2. The van der Waals surface area contributed by atoms with Crippen LogP contribution in [0.25, 0.3) is 0 Å². The fourth-order valence-corrected chi connectivity index (χ4v) is 4.61. The predicted octanol–water partition coefficient (Wildman–Crippen LogP) is 3.90. The van der Waals surface area contributed by atoms with Gasteiger partial charge in [-0.3, -0.25) is 9.89 Å². The number of likely N-dealkylation sites (tertiary alicyclic amines) is 1.